The third kappa shape index (κ3) is 11.9. The Balaban J connectivity index is 0.000000224. The fourth-order valence-corrected chi connectivity index (χ4v) is 10.2. The molecule has 0 saturated carbocycles. The summed E-state index contributed by atoms with van der Waals surface area (Å²) in [5.74, 6) is -1.00. The number of hydrogen-bond donors (Lipinski definition) is 1. The summed E-state index contributed by atoms with van der Waals surface area (Å²) < 4.78 is 48.8. The van der Waals surface area contributed by atoms with E-state index >= 15 is 0 Å². The number of carbonyl (C=O) groups is 3. The summed E-state index contributed by atoms with van der Waals surface area (Å²) in [5.41, 5.74) is 2.12. The number of nitrogens with one attached hydrogen (secondary N) is 1. The van der Waals surface area contributed by atoms with Gasteiger partial charge in [-0.05, 0) is 39.8 Å². The number of nitrogens with zero attached hydrogens (tertiary/aromatic N) is 6. The van der Waals surface area contributed by atoms with E-state index in [4.69, 9.17) is 4.74 Å². The second-order valence-electron chi connectivity index (χ2n) is 19.0. The molecule has 398 valence electrons. The van der Waals surface area contributed by atoms with Crippen molar-refractivity contribution in [2.24, 2.45) is 0 Å². The van der Waals surface area contributed by atoms with Crippen molar-refractivity contribution in [3.05, 3.63) is 271 Å². The molecular formula is C62H58F3N7O6. The summed E-state index contributed by atoms with van der Waals surface area (Å²) in [6.07, 6.45) is -2.08. The number of halogens is 3. The van der Waals surface area contributed by atoms with Gasteiger partial charge in [-0.2, -0.15) is 13.2 Å². The lowest BCUT2D eigenvalue weighted by molar-refractivity contribution is -0.159. The zero-order chi connectivity index (χ0) is 54.7. The quantitative estimate of drug-likeness (QED) is 0.0749. The van der Waals surface area contributed by atoms with Crippen LogP contribution in [-0.4, -0.2) is 79.3 Å². The Labute approximate surface area is 449 Å². The molecule has 4 heterocycles. The Morgan fingerprint density at radius 2 is 1.13 bits per heavy atom. The smallest absolute Gasteiger partial charge is 0.423 e. The Morgan fingerprint density at radius 3 is 1.64 bits per heavy atom. The van der Waals surface area contributed by atoms with Gasteiger partial charge in [-0.25, -0.2) is 4.98 Å². The van der Waals surface area contributed by atoms with E-state index in [1.165, 1.54) is 6.07 Å². The van der Waals surface area contributed by atoms with E-state index in [-0.39, 0.29) is 62.2 Å². The predicted molar refractivity (Wildman–Crippen MR) is 290 cm³/mol. The Hall–Kier alpha value is -8.89. The Kier molecular flexibility index (Phi) is 16.9. The molecule has 0 bridgehead atoms. The first-order valence-corrected chi connectivity index (χ1v) is 25.8. The lowest BCUT2D eigenvalue weighted by Gasteiger charge is -2.48. The van der Waals surface area contributed by atoms with Crippen LogP contribution in [0.25, 0.3) is 0 Å². The molecule has 1 atom stereocenters. The molecule has 0 radical (unpaired) electrons. The number of amides is 3. The van der Waals surface area contributed by atoms with E-state index in [1.807, 2.05) is 163 Å². The number of carbonyl (C=O) groups excluding carboxylic acids is 3. The standard InChI is InChI=1S/C43H37N3O4.C19H21F3N4O2/c47-39-28-38(45(29-33-16-6-1-7-17-33)31-40(39)50-32-34-18-8-2-9-19-34)30-44-26-27-46(42(49)41(44)48)43(35-20-10-3-11-21-35,36-22-12-4-13-23-36)37-24-14-5-15-25-37;1-2-15(25-9-8-23-11-16(25)27)17-24-10-14(19(20,21)22)18(28)26(17)12-13-6-4-3-5-7-13/h1-25,28,31H,26-27,29-30,32H2;3-7,10,15,23H,2,8-9,11-12H2,1H3. The topological polar surface area (TPSA) is 139 Å². The average Bonchev–Trinajstić information content (AvgIpc) is 3.66. The lowest BCUT2D eigenvalue weighted by Crippen LogP contribution is -2.61. The third-order valence-corrected chi connectivity index (χ3v) is 14.0. The molecule has 16 heteroatoms. The van der Waals surface area contributed by atoms with Crippen molar-refractivity contribution in [2.45, 2.75) is 57.3 Å². The molecule has 1 unspecified atom stereocenters. The fourth-order valence-electron chi connectivity index (χ4n) is 10.2. The zero-order valence-corrected chi connectivity index (χ0v) is 43.0. The van der Waals surface area contributed by atoms with E-state index in [0.29, 0.717) is 43.5 Å². The van der Waals surface area contributed by atoms with Gasteiger partial charge < -0.3 is 29.3 Å². The third-order valence-electron chi connectivity index (χ3n) is 14.0. The molecule has 2 aliphatic rings. The SMILES string of the molecule is CCC(c1ncc(C(F)(F)F)c(=O)n1Cc1ccccc1)N1CCNCC1=O.O=C1C(=O)N(C(c2ccccc2)(c2ccccc2)c2ccccc2)CCN1Cc1cc(=O)c(OCc2ccccc2)cn1Cc1ccccc1. The van der Waals surface area contributed by atoms with Gasteiger partial charge in [0.2, 0.25) is 11.3 Å². The van der Waals surface area contributed by atoms with Crippen LogP contribution in [0.1, 0.15) is 69.8 Å². The number of piperazine rings is 2. The Bertz CT molecular complexity index is 3340. The largest absolute Gasteiger partial charge is 0.483 e. The minimum absolute atomic E-state index is 0.0529. The predicted octanol–water partition coefficient (Wildman–Crippen LogP) is 8.83. The van der Waals surface area contributed by atoms with E-state index in [2.05, 4.69) is 10.3 Å². The van der Waals surface area contributed by atoms with Crippen LogP contribution in [0.15, 0.2) is 210 Å². The molecule has 13 nitrogen and oxygen atoms in total. The minimum atomic E-state index is -4.80. The summed E-state index contributed by atoms with van der Waals surface area (Å²) in [4.78, 5) is 75.9. The van der Waals surface area contributed by atoms with Crippen molar-refractivity contribution in [1.29, 1.82) is 0 Å². The maximum absolute atomic E-state index is 14.5. The first-order valence-electron chi connectivity index (χ1n) is 25.8. The van der Waals surface area contributed by atoms with Crippen molar-refractivity contribution >= 4 is 17.7 Å². The molecular weight excluding hydrogens is 996 g/mol. The van der Waals surface area contributed by atoms with Crippen molar-refractivity contribution < 1.29 is 32.3 Å². The highest BCUT2D eigenvalue weighted by atomic mass is 19.4. The van der Waals surface area contributed by atoms with Crippen LogP contribution in [0, 0.1) is 0 Å². The summed E-state index contributed by atoms with van der Waals surface area (Å²) in [6, 6.07) is 58.9. The Morgan fingerprint density at radius 1 is 0.615 bits per heavy atom. The van der Waals surface area contributed by atoms with Gasteiger partial charge in [-0.15, -0.1) is 0 Å². The van der Waals surface area contributed by atoms with Gasteiger partial charge in [-0.3, -0.25) is 28.5 Å². The first-order chi connectivity index (χ1) is 37.9. The highest BCUT2D eigenvalue weighted by molar-refractivity contribution is 6.35. The molecule has 0 aliphatic carbocycles. The summed E-state index contributed by atoms with van der Waals surface area (Å²) >= 11 is 0. The number of alkyl halides is 3. The van der Waals surface area contributed by atoms with Crippen LogP contribution in [-0.2, 0) is 52.3 Å². The van der Waals surface area contributed by atoms with Crippen LogP contribution < -0.4 is 21.0 Å². The molecule has 2 aliphatic heterocycles. The molecule has 0 spiro atoms. The summed E-state index contributed by atoms with van der Waals surface area (Å²) in [6.45, 7) is 4.26. The van der Waals surface area contributed by atoms with E-state index in [0.717, 1.165) is 32.4 Å². The fraction of sp³-hybridized carbons (Fsp3) is 0.226. The van der Waals surface area contributed by atoms with Crippen molar-refractivity contribution in [2.75, 3.05) is 32.7 Å². The summed E-state index contributed by atoms with van der Waals surface area (Å²) in [5, 5.41) is 2.96. The molecule has 10 rings (SSSR count). The number of benzene rings is 6. The molecule has 3 amide bonds. The molecule has 1 N–H and O–H groups in total. The number of rotatable bonds is 16. The van der Waals surface area contributed by atoms with Gasteiger partial charge in [0.15, 0.2) is 5.75 Å². The van der Waals surface area contributed by atoms with Gasteiger partial charge in [0, 0.05) is 50.7 Å². The molecule has 78 heavy (non-hydrogen) atoms. The lowest BCUT2D eigenvalue weighted by atomic mass is 9.75. The van der Waals surface area contributed by atoms with E-state index in [1.54, 1.807) is 51.2 Å². The molecule has 8 aromatic rings. The van der Waals surface area contributed by atoms with Gasteiger partial charge >= 0.3 is 18.0 Å². The summed E-state index contributed by atoms with van der Waals surface area (Å²) in [7, 11) is 0. The van der Waals surface area contributed by atoms with Crippen LogP contribution in [0.4, 0.5) is 13.2 Å². The second-order valence-corrected chi connectivity index (χ2v) is 19.0. The van der Waals surface area contributed by atoms with Gasteiger partial charge in [0.1, 0.15) is 23.5 Å². The van der Waals surface area contributed by atoms with E-state index in [9.17, 15) is 37.1 Å². The van der Waals surface area contributed by atoms with Crippen LogP contribution >= 0.6 is 0 Å². The maximum Gasteiger partial charge on any atom is 0.423 e. The molecule has 6 aromatic carbocycles. The van der Waals surface area contributed by atoms with Gasteiger partial charge in [0.25, 0.3) is 5.56 Å². The number of aromatic nitrogens is 3. The van der Waals surface area contributed by atoms with E-state index < -0.39 is 40.7 Å². The number of ether oxygens (including phenoxy) is 1. The van der Waals surface area contributed by atoms with Gasteiger partial charge in [-0.1, -0.05) is 189 Å². The van der Waals surface area contributed by atoms with Gasteiger partial charge in [0.05, 0.1) is 31.9 Å². The number of pyridine rings is 1. The highest BCUT2D eigenvalue weighted by Crippen LogP contribution is 2.43. The maximum atomic E-state index is 14.5. The van der Waals surface area contributed by atoms with Crippen LogP contribution in [0.5, 0.6) is 5.75 Å². The average molecular weight is 1050 g/mol. The number of hydrogen-bond acceptors (Lipinski definition) is 8. The normalized spacial score (nSPS) is 14.4. The molecule has 2 fully saturated rings. The van der Waals surface area contributed by atoms with Crippen molar-refractivity contribution in [1.82, 2.24) is 34.1 Å². The van der Waals surface area contributed by atoms with Crippen LogP contribution in [0.2, 0.25) is 0 Å². The highest BCUT2D eigenvalue weighted by Gasteiger charge is 2.49. The molecule has 2 saturated heterocycles. The monoisotopic (exact) mass is 1050 g/mol. The second kappa shape index (κ2) is 24.4. The van der Waals surface area contributed by atoms with Crippen molar-refractivity contribution in [3.63, 3.8) is 0 Å². The zero-order valence-electron chi connectivity index (χ0n) is 43.0. The molecule has 2 aromatic heterocycles. The van der Waals surface area contributed by atoms with Crippen LogP contribution in [0.3, 0.4) is 0 Å². The van der Waals surface area contributed by atoms with Crippen molar-refractivity contribution in [3.8, 4) is 5.75 Å². The first kappa shape index (κ1) is 53.9. The minimum Gasteiger partial charge on any atom is -0.483 e.